The number of hydrogen-bond donors (Lipinski definition) is 0. The van der Waals surface area contributed by atoms with Gasteiger partial charge in [-0.25, -0.2) is 8.42 Å². The van der Waals surface area contributed by atoms with Crippen LogP contribution in [0.2, 0.25) is 0 Å². The summed E-state index contributed by atoms with van der Waals surface area (Å²) in [6.07, 6.45) is 3.90. The normalized spacial score (nSPS) is 15.5. The van der Waals surface area contributed by atoms with Gasteiger partial charge in [0.1, 0.15) is 0 Å². The predicted molar refractivity (Wildman–Crippen MR) is 93.9 cm³/mol. The topological polar surface area (TPSA) is 80.7 Å². The number of ether oxygens (including phenoxy) is 1. The highest BCUT2D eigenvalue weighted by molar-refractivity contribution is 7.91. The lowest BCUT2D eigenvalue weighted by Crippen LogP contribution is -2.35. The number of likely N-dealkylation sites (tertiary alicyclic amines) is 1. The first-order valence-corrected chi connectivity index (χ1v) is 10.3. The van der Waals surface area contributed by atoms with Crippen LogP contribution in [0.3, 0.4) is 0 Å². The average molecular weight is 367 g/mol. The highest BCUT2D eigenvalue weighted by Gasteiger charge is 2.20. The van der Waals surface area contributed by atoms with Gasteiger partial charge >= 0.3 is 5.97 Å². The van der Waals surface area contributed by atoms with Crippen molar-refractivity contribution in [3.63, 3.8) is 0 Å². The third kappa shape index (κ3) is 6.16. The van der Waals surface area contributed by atoms with Crippen molar-refractivity contribution >= 4 is 21.7 Å². The molecule has 1 fully saturated rings. The van der Waals surface area contributed by atoms with E-state index in [1.54, 1.807) is 17.0 Å². The molecule has 0 spiro atoms. The number of sulfone groups is 1. The van der Waals surface area contributed by atoms with Crippen molar-refractivity contribution in [1.29, 1.82) is 0 Å². The van der Waals surface area contributed by atoms with Gasteiger partial charge in [-0.15, -0.1) is 0 Å². The van der Waals surface area contributed by atoms with E-state index >= 15 is 0 Å². The standard InChI is InChI=1S/C18H25NO5S/c1-15-6-8-16(9-7-15)25(22,23)13-10-18(21)24-14-17(20)19-11-4-2-3-5-12-19/h6-9H,2-5,10-14H2,1H3. The summed E-state index contributed by atoms with van der Waals surface area (Å²) in [4.78, 5) is 25.7. The van der Waals surface area contributed by atoms with Gasteiger partial charge in [0.2, 0.25) is 0 Å². The minimum absolute atomic E-state index is 0.187. The molecular formula is C18H25NO5S. The molecule has 1 amide bonds. The number of carbonyl (C=O) groups excluding carboxylic acids is 2. The zero-order valence-corrected chi connectivity index (χ0v) is 15.4. The molecule has 1 aliphatic rings. The van der Waals surface area contributed by atoms with Crippen LogP contribution >= 0.6 is 0 Å². The molecule has 0 radical (unpaired) electrons. The van der Waals surface area contributed by atoms with Gasteiger partial charge in [-0.3, -0.25) is 9.59 Å². The number of hydrogen-bond acceptors (Lipinski definition) is 5. The Morgan fingerprint density at radius 1 is 1.04 bits per heavy atom. The molecule has 25 heavy (non-hydrogen) atoms. The van der Waals surface area contributed by atoms with Crippen molar-refractivity contribution < 1.29 is 22.7 Å². The fourth-order valence-corrected chi connectivity index (χ4v) is 3.93. The van der Waals surface area contributed by atoms with Crippen LogP contribution < -0.4 is 0 Å². The second kappa shape index (κ2) is 8.99. The fourth-order valence-electron chi connectivity index (χ4n) is 2.71. The molecule has 0 saturated carbocycles. The highest BCUT2D eigenvalue weighted by Crippen LogP contribution is 2.13. The molecule has 0 aliphatic carbocycles. The number of benzene rings is 1. The van der Waals surface area contributed by atoms with Crippen LogP contribution in [0, 0.1) is 6.92 Å². The molecule has 1 aromatic rings. The Morgan fingerprint density at radius 2 is 1.64 bits per heavy atom. The summed E-state index contributed by atoms with van der Waals surface area (Å²) in [5, 5.41) is 0. The van der Waals surface area contributed by atoms with Crippen molar-refractivity contribution in [3.05, 3.63) is 29.8 Å². The van der Waals surface area contributed by atoms with Crippen molar-refractivity contribution in [3.8, 4) is 0 Å². The molecule has 6 nitrogen and oxygen atoms in total. The van der Waals surface area contributed by atoms with Gasteiger partial charge < -0.3 is 9.64 Å². The number of aryl methyl sites for hydroxylation is 1. The van der Waals surface area contributed by atoms with E-state index in [0.29, 0.717) is 13.1 Å². The van der Waals surface area contributed by atoms with Crippen molar-refractivity contribution in [2.24, 2.45) is 0 Å². The Balaban J connectivity index is 1.78. The summed E-state index contributed by atoms with van der Waals surface area (Å²) in [5.41, 5.74) is 0.963. The van der Waals surface area contributed by atoms with E-state index in [1.165, 1.54) is 12.1 Å². The van der Waals surface area contributed by atoms with E-state index in [-0.39, 0.29) is 29.6 Å². The van der Waals surface area contributed by atoms with Gasteiger partial charge in [-0.05, 0) is 31.9 Å². The van der Waals surface area contributed by atoms with E-state index in [1.807, 2.05) is 6.92 Å². The Morgan fingerprint density at radius 3 is 2.24 bits per heavy atom. The molecular weight excluding hydrogens is 342 g/mol. The van der Waals surface area contributed by atoms with Crippen molar-refractivity contribution in [2.75, 3.05) is 25.4 Å². The third-order valence-corrected chi connectivity index (χ3v) is 6.00. The SMILES string of the molecule is Cc1ccc(S(=O)(=O)CCC(=O)OCC(=O)N2CCCCCC2)cc1. The minimum Gasteiger partial charge on any atom is -0.456 e. The lowest BCUT2D eigenvalue weighted by Gasteiger charge is -2.19. The first-order chi connectivity index (χ1) is 11.9. The quantitative estimate of drug-likeness (QED) is 0.719. The Kier molecular flexibility index (Phi) is 6.99. The van der Waals surface area contributed by atoms with Gasteiger partial charge in [0.15, 0.2) is 16.4 Å². The molecule has 0 aromatic heterocycles. The zero-order valence-electron chi connectivity index (χ0n) is 14.6. The van der Waals surface area contributed by atoms with Gasteiger partial charge in [0, 0.05) is 13.1 Å². The largest absolute Gasteiger partial charge is 0.456 e. The maximum Gasteiger partial charge on any atom is 0.307 e. The van der Waals surface area contributed by atoms with Gasteiger partial charge in [-0.2, -0.15) is 0 Å². The minimum atomic E-state index is -3.53. The smallest absolute Gasteiger partial charge is 0.307 e. The molecule has 138 valence electrons. The molecule has 0 unspecified atom stereocenters. The Bertz CT molecular complexity index is 689. The molecule has 7 heteroatoms. The zero-order chi connectivity index (χ0) is 18.3. The molecule has 0 atom stereocenters. The number of esters is 1. The molecule has 0 bridgehead atoms. The van der Waals surface area contributed by atoms with Gasteiger partial charge in [0.05, 0.1) is 17.1 Å². The van der Waals surface area contributed by atoms with Crippen LogP contribution in [0.15, 0.2) is 29.2 Å². The van der Waals surface area contributed by atoms with Crippen molar-refractivity contribution in [1.82, 2.24) is 4.90 Å². The van der Waals surface area contributed by atoms with Crippen LogP contribution in [0.4, 0.5) is 0 Å². The Hall–Kier alpha value is -1.89. The second-order valence-electron chi connectivity index (χ2n) is 6.34. The summed E-state index contributed by atoms with van der Waals surface area (Å²) < 4.78 is 29.3. The fraction of sp³-hybridized carbons (Fsp3) is 0.556. The molecule has 2 rings (SSSR count). The number of nitrogens with zero attached hydrogens (tertiary/aromatic N) is 1. The van der Waals surface area contributed by atoms with Crippen LogP contribution in [0.1, 0.15) is 37.7 Å². The maximum absolute atomic E-state index is 12.2. The van der Waals surface area contributed by atoms with E-state index in [4.69, 9.17) is 4.74 Å². The average Bonchev–Trinajstić information content (AvgIpc) is 2.88. The number of rotatable bonds is 6. The molecule has 0 N–H and O–H groups in total. The van der Waals surface area contributed by atoms with Gasteiger partial charge in [-0.1, -0.05) is 30.5 Å². The molecule has 1 aromatic carbocycles. The van der Waals surface area contributed by atoms with E-state index in [9.17, 15) is 18.0 Å². The number of carbonyl (C=O) groups is 2. The van der Waals surface area contributed by atoms with Gasteiger partial charge in [0.25, 0.3) is 5.91 Å². The van der Waals surface area contributed by atoms with E-state index in [0.717, 1.165) is 31.2 Å². The second-order valence-corrected chi connectivity index (χ2v) is 8.45. The first kappa shape index (κ1) is 19.4. The van der Waals surface area contributed by atoms with E-state index in [2.05, 4.69) is 0 Å². The molecule has 1 aliphatic heterocycles. The third-order valence-electron chi connectivity index (χ3n) is 4.27. The summed E-state index contributed by atoms with van der Waals surface area (Å²) in [6.45, 7) is 2.94. The van der Waals surface area contributed by atoms with Crippen LogP contribution in [0.25, 0.3) is 0 Å². The van der Waals surface area contributed by atoms with Crippen molar-refractivity contribution in [2.45, 2.75) is 43.9 Å². The summed E-state index contributed by atoms with van der Waals surface area (Å²) in [5.74, 6) is -1.21. The monoisotopic (exact) mass is 367 g/mol. The van der Waals surface area contributed by atoms with Crippen LogP contribution in [-0.4, -0.2) is 50.6 Å². The summed E-state index contributed by atoms with van der Waals surface area (Å²) >= 11 is 0. The summed E-state index contributed by atoms with van der Waals surface area (Å²) in [7, 11) is -3.53. The van der Waals surface area contributed by atoms with E-state index < -0.39 is 15.8 Å². The molecule has 1 saturated heterocycles. The first-order valence-electron chi connectivity index (χ1n) is 8.61. The predicted octanol–water partition coefficient (Wildman–Crippen LogP) is 2.10. The highest BCUT2D eigenvalue weighted by atomic mass is 32.2. The lowest BCUT2D eigenvalue weighted by atomic mass is 10.2. The lowest BCUT2D eigenvalue weighted by molar-refractivity contribution is -0.151. The maximum atomic E-state index is 12.2. The van der Waals surface area contributed by atoms with Crippen LogP contribution in [0.5, 0.6) is 0 Å². The van der Waals surface area contributed by atoms with Crippen LogP contribution in [-0.2, 0) is 24.2 Å². The number of amides is 1. The Labute approximate surface area is 149 Å². The summed E-state index contributed by atoms with van der Waals surface area (Å²) in [6, 6.07) is 6.48. The molecule has 1 heterocycles.